The Kier molecular flexibility index (Phi) is 5.70. The van der Waals surface area contributed by atoms with Gasteiger partial charge >= 0.3 is 0 Å². The molecule has 2 heterocycles. The summed E-state index contributed by atoms with van der Waals surface area (Å²) < 4.78 is 1.47. The highest BCUT2D eigenvalue weighted by molar-refractivity contribution is 7.12. The highest BCUT2D eigenvalue weighted by Gasteiger charge is 2.15. The van der Waals surface area contributed by atoms with Gasteiger partial charge in [-0.05, 0) is 35.6 Å². The summed E-state index contributed by atoms with van der Waals surface area (Å²) in [6.45, 7) is 0.465. The van der Waals surface area contributed by atoms with Gasteiger partial charge in [-0.3, -0.25) is 14.3 Å². The lowest BCUT2D eigenvalue weighted by atomic mass is 10.1. The Balaban J connectivity index is 1.57. The Morgan fingerprint density at radius 3 is 2.77 bits per heavy atom. The maximum Gasteiger partial charge on any atom is 0.271 e. The molecule has 0 spiro atoms. The quantitative estimate of drug-likeness (QED) is 0.679. The molecule has 6 nitrogen and oxygen atoms in total. The number of aromatic nitrogens is 2. The number of carbonyl (C=O) groups is 2. The van der Waals surface area contributed by atoms with Gasteiger partial charge < -0.3 is 10.6 Å². The lowest BCUT2D eigenvalue weighted by Gasteiger charge is -2.03. The van der Waals surface area contributed by atoms with E-state index in [-0.39, 0.29) is 17.5 Å². The number of halogens is 1. The van der Waals surface area contributed by atoms with Gasteiger partial charge in [0.25, 0.3) is 11.8 Å². The Morgan fingerprint density at radius 2 is 2.04 bits per heavy atom. The molecule has 0 unspecified atom stereocenters. The molecule has 1 aromatic carbocycles. The molecule has 0 aliphatic rings. The molecule has 2 amide bonds. The average molecular weight is 389 g/mol. The van der Waals surface area contributed by atoms with Crippen molar-refractivity contribution < 1.29 is 9.59 Å². The lowest BCUT2D eigenvalue weighted by molar-refractivity contribution is 0.0947. The van der Waals surface area contributed by atoms with E-state index in [1.807, 2.05) is 35.7 Å². The van der Waals surface area contributed by atoms with Crippen LogP contribution in [0.1, 0.15) is 25.7 Å². The third-order valence-corrected chi connectivity index (χ3v) is 4.79. The standard InChI is InChI=1S/C18H17ClN4O2S/c1-23-16(21-18(25)15-6-3-9-26-15)11-14(22-23)17(24)20-8-7-12-4-2-5-13(19)10-12/h2-6,9-11H,7-8H2,1H3,(H,20,24)(H,21,25). The van der Waals surface area contributed by atoms with Crippen LogP contribution in [0.5, 0.6) is 0 Å². The molecule has 0 aliphatic carbocycles. The number of benzene rings is 1. The summed E-state index contributed by atoms with van der Waals surface area (Å²) in [6.07, 6.45) is 0.668. The van der Waals surface area contributed by atoms with Gasteiger partial charge in [-0.25, -0.2) is 0 Å². The monoisotopic (exact) mass is 388 g/mol. The van der Waals surface area contributed by atoms with Crippen molar-refractivity contribution in [2.75, 3.05) is 11.9 Å². The Hall–Kier alpha value is -2.64. The van der Waals surface area contributed by atoms with Crippen molar-refractivity contribution in [3.63, 3.8) is 0 Å². The number of amides is 2. The first-order valence-electron chi connectivity index (χ1n) is 7.94. The molecule has 3 rings (SSSR count). The maximum atomic E-state index is 12.3. The molecule has 0 bridgehead atoms. The van der Waals surface area contributed by atoms with E-state index < -0.39 is 0 Å². The van der Waals surface area contributed by atoms with Gasteiger partial charge in [0.05, 0.1) is 4.88 Å². The van der Waals surface area contributed by atoms with Gasteiger partial charge in [0.15, 0.2) is 5.69 Å². The second kappa shape index (κ2) is 8.16. The predicted octanol–water partition coefficient (Wildman–Crippen LogP) is 3.36. The molecule has 134 valence electrons. The zero-order valence-electron chi connectivity index (χ0n) is 14.0. The van der Waals surface area contributed by atoms with Crippen molar-refractivity contribution in [2.45, 2.75) is 6.42 Å². The number of aryl methyl sites for hydroxylation is 1. The van der Waals surface area contributed by atoms with Crippen LogP contribution in [0, 0.1) is 0 Å². The molecule has 0 aliphatic heterocycles. The van der Waals surface area contributed by atoms with Gasteiger partial charge in [-0.1, -0.05) is 29.8 Å². The molecular weight excluding hydrogens is 372 g/mol. The maximum absolute atomic E-state index is 12.3. The fraction of sp³-hybridized carbons (Fsp3) is 0.167. The second-order valence-corrected chi connectivity index (χ2v) is 6.99. The van der Waals surface area contributed by atoms with Crippen LogP contribution < -0.4 is 10.6 Å². The second-order valence-electron chi connectivity index (χ2n) is 5.61. The topological polar surface area (TPSA) is 76.0 Å². The number of nitrogens with one attached hydrogen (secondary N) is 2. The number of hydrogen-bond acceptors (Lipinski definition) is 4. The third kappa shape index (κ3) is 4.50. The molecular formula is C18H17ClN4O2S. The van der Waals surface area contributed by atoms with Crippen molar-refractivity contribution in [3.05, 3.63) is 69.0 Å². The zero-order valence-corrected chi connectivity index (χ0v) is 15.6. The van der Waals surface area contributed by atoms with E-state index in [4.69, 9.17) is 11.6 Å². The Bertz CT molecular complexity index is 921. The average Bonchev–Trinajstić information content (AvgIpc) is 3.25. The summed E-state index contributed by atoms with van der Waals surface area (Å²) in [5, 5.41) is 12.2. The SMILES string of the molecule is Cn1nc(C(=O)NCCc2cccc(Cl)c2)cc1NC(=O)c1cccs1. The number of carbonyl (C=O) groups excluding carboxylic acids is 2. The van der Waals surface area contributed by atoms with E-state index >= 15 is 0 Å². The molecule has 3 aromatic rings. The molecule has 0 radical (unpaired) electrons. The molecule has 0 atom stereocenters. The van der Waals surface area contributed by atoms with Gasteiger partial charge in [0, 0.05) is 24.7 Å². The van der Waals surface area contributed by atoms with Crippen LogP contribution in [0.3, 0.4) is 0 Å². The van der Waals surface area contributed by atoms with Crippen LogP contribution >= 0.6 is 22.9 Å². The Morgan fingerprint density at radius 1 is 1.19 bits per heavy atom. The van der Waals surface area contributed by atoms with Crippen molar-refractivity contribution in [2.24, 2.45) is 7.05 Å². The van der Waals surface area contributed by atoms with E-state index in [9.17, 15) is 9.59 Å². The smallest absolute Gasteiger partial charge is 0.271 e. The fourth-order valence-electron chi connectivity index (χ4n) is 2.38. The van der Waals surface area contributed by atoms with Gasteiger partial charge in [0.1, 0.15) is 5.82 Å². The number of hydrogen-bond donors (Lipinski definition) is 2. The molecule has 2 N–H and O–H groups in total. The van der Waals surface area contributed by atoms with E-state index in [1.165, 1.54) is 16.0 Å². The van der Waals surface area contributed by atoms with Crippen LogP contribution in [-0.4, -0.2) is 28.1 Å². The minimum atomic E-state index is -0.292. The zero-order chi connectivity index (χ0) is 18.5. The molecule has 0 saturated heterocycles. The van der Waals surface area contributed by atoms with Crippen LogP contribution in [0.4, 0.5) is 5.82 Å². The predicted molar refractivity (Wildman–Crippen MR) is 103 cm³/mol. The number of rotatable bonds is 6. The van der Waals surface area contributed by atoms with Crippen molar-refractivity contribution in [1.29, 1.82) is 0 Å². The first kappa shape index (κ1) is 18.2. The number of thiophene rings is 1. The van der Waals surface area contributed by atoms with E-state index in [2.05, 4.69) is 15.7 Å². The minimum Gasteiger partial charge on any atom is -0.350 e. The molecule has 26 heavy (non-hydrogen) atoms. The van der Waals surface area contributed by atoms with E-state index in [1.54, 1.807) is 19.2 Å². The number of nitrogens with zero attached hydrogens (tertiary/aromatic N) is 2. The highest BCUT2D eigenvalue weighted by atomic mass is 35.5. The first-order valence-corrected chi connectivity index (χ1v) is 9.20. The first-order chi connectivity index (χ1) is 12.5. The third-order valence-electron chi connectivity index (χ3n) is 3.69. The van der Waals surface area contributed by atoms with Crippen LogP contribution in [-0.2, 0) is 13.5 Å². The largest absolute Gasteiger partial charge is 0.350 e. The van der Waals surface area contributed by atoms with Crippen molar-refractivity contribution in [3.8, 4) is 0 Å². The Labute approximate surface area is 159 Å². The summed E-state index contributed by atoms with van der Waals surface area (Å²) in [4.78, 5) is 25.0. The summed E-state index contributed by atoms with van der Waals surface area (Å²) in [5.41, 5.74) is 1.29. The summed E-state index contributed by atoms with van der Waals surface area (Å²) >= 11 is 7.30. The summed E-state index contributed by atoms with van der Waals surface area (Å²) in [6, 6.07) is 12.6. The molecule has 0 fully saturated rings. The molecule has 0 saturated carbocycles. The highest BCUT2D eigenvalue weighted by Crippen LogP contribution is 2.14. The van der Waals surface area contributed by atoms with Crippen LogP contribution in [0.15, 0.2) is 47.8 Å². The van der Waals surface area contributed by atoms with Crippen molar-refractivity contribution >= 4 is 40.6 Å². The fourth-order valence-corrected chi connectivity index (χ4v) is 3.22. The normalized spacial score (nSPS) is 10.5. The van der Waals surface area contributed by atoms with Crippen LogP contribution in [0.25, 0.3) is 0 Å². The van der Waals surface area contributed by atoms with Crippen LogP contribution in [0.2, 0.25) is 5.02 Å². The minimum absolute atomic E-state index is 0.226. The molecule has 8 heteroatoms. The van der Waals surface area contributed by atoms with Crippen molar-refractivity contribution in [1.82, 2.24) is 15.1 Å². The van der Waals surface area contributed by atoms with E-state index in [0.29, 0.717) is 28.7 Å². The number of anilines is 1. The van der Waals surface area contributed by atoms with Gasteiger partial charge in [0.2, 0.25) is 0 Å². The van der Waals surface area contributed by atoms with Gasteiger partial charge in [-0.15, -0.1) is 11.3 Å². The summed E-state index contributed by atoms with van der Waals surface area (Å²) in [7, 11) is 1.67. The lowest BCUT2D eigenvalue weighted by Crippen LogP contribution is -2.26. The van der Waals surface area contributed by atoms with Gasteiger partial charge in [-0.2, -0.15) is 5.10 Å². The molecule has 2 aromatic heterocycles. The summed E-state index contributed by atoms with van der Waals surface area (Å²) in [5.74, 6) is -0.0569. The van der Waals surface area contributed by atoms with E-state index in [0.717, 1.165) is 5.56 Å².